The minimum Gasteiger partial charge on any atom is -0.507 e. The average molecular weight is 444 g/mol. The first-order chi connectivity index (χ1) is 14.3. The number of thioether (sulfide) groups is 1. The molecule has 0 spiro atoms. The number of halogens is 4. The van der Waals surface area contributed by atoms with Crippen LogP contribution in [0.1, 0.15) is 37.3 Å². The van der Waals surface area contributed by atoms with Gasteiger partial charge < -0.3 is 14.6 Å². The van der Waals surface area contributed by atoms with Crippen LogP contribution in [0, 0.1) is 36.1 Å². The second-order valence-electron chi connectivity index (χ2n) is 7.11. The first kappa shape index (κ1) is 24.1. The third kappa shape index (κ3) is 6.14. The molecular weight excluding hydrogens is 420 g/mol. The molecule has 30 heavy (non-hydrogen) atoms. The molecule has 0 radical (unpaired) electrons. The summed E-state index contributed by atoms with van der Waals surface area (Å²) in [7, 11) is 0. The van der Waals surface area contributed by atoms with Gasteiger partial charge in [0.25, 0.3) is 0 Å². The maximum Gasteiger partial charge on any atom is 0.175 e. The van der Waals surface area contributed by atoms with E-state index in [1.54, 1.807) is 19.1 Å². The number of carbonyl (C=O) groups excluding carboxylic acids is 1. The van der Waals surface area contributed by atoms with Gasteiger partial charge in [0.1, 0.15) is 17.8 Å². The van der Waals surface area contributed by atoms with Crippen LogP contribution in [0.3, 0.4) is 0 Å². The van der Waals surface area contributed by atoms with Gasteiger partial charge in [-0.15, -0.1) is 11.8 Å². The number of rotatable bonds is 11. The topological polar surface area (TPSA) is 46.5 Å². The lowest BCUT2D eigenvalue weighted by Crippen LogP contribution is -2.04. The molecule has 1 unspecified atom stereocenters. The zero-order valence-electron chi connectivity index (χ0n) is 16.8. The molecule has 0 aliphatic heterocycles. The molecule has 0 aliphatic rings. The Hall–Kier alpha value is -2.22. The van der Waals surface area contributed by atoms with Crippen molar-refractivity contribution >= 4 is 18.0 Å². The molecule has 0 amide bonds. The number of hydrogen-bond acceptors (Lipinski definition) is 4. The molecule has 0 saturated heterocycles. The van der Waals surface area contributed by atoms with Crippen molar-refractivity contribution in [2.24, 2.45) is 5.92 Å². The largest absolute Gasteiger partial charge is 0.507 e. The highest BCUT2D eigenvalue weighted by Gasteiger charge is 2.19. The van der Waals surface area contributed by atoms with Crippen molar-refractivity contribution in [2.75, 3.05) is 12.4 Å². The van der Waals surface area contributed by atoms with Gasteiger partial charge in [-0.25, -0.2) is 17.6 Å². The summed E-state index contributed by atoms with van der Waals surface area (Å²) in [6.07, 6.45) is 2.92. The third-order valence-corrected chi connectivity index (χ3v) is 5.79. The molecule has 164 valence electrons. The van der Waals surface area contributed by atoms with Crippen molar-refractivity contribution in [2.45, 2.75) is 44.4 Å². The lowest BCUT2D eigenvalue weighted by molar-refractivity contribution is -0.108. The van der Waals surface area contributed by atoms with Crippen molar-refractivity contribution in [3.05, 3.63) is 52.6 Å². The second kappa shape index (κ2) is 11.2. The van der Waals surface area contributed by atoms with E-state index in [9.17, 15) is 27.5 Å². The molecule has 0 saturated carbocycles. The van der Waals surface area contributed by atoms with Gasteiger partial charge in [-0.2, -0.15) is 0 Å². The fraction of sp³-hybridized carbons (Fsp3) is 0.409. The third-order valence-electron chi connectivity index (χ3n) is 4.65. The van der Waals surface area contributed by atoms with Crippen molar-refractivity contribution in [1.82, 2.24) is 0 Å². The van der Waals surface area contributed by atoms with Crippen molar-refractivity contribution in [3.8, 4) is 11.5 Å². The minimum atomic E-state index is -1.42. The van der Waals surface area contributed by atoms with E-state index in [0.717, 1.165) is 11.8 Å². The Bertz CT molecular complexity index is 863. The van der Waals surface area contributed by atoms with Crippen LogP contribution in [-0.2, 0) is 11.2 Å². The number of hydrogen-bond donors (Lipinski definition) is 1. The molecule has 3 nitrogen and oxygen atoms in total. The summed E-state index contributed by atoms with van der Waals surface area (Å²) in [6, 6.07) is 3.71. The van der Waals surface area contributed by atoms with Crippen LogP contribution >= 0.6 is 11.8 Å². The van der Waals surface area contributed by atoms with Crippen LogP contribution in [0.4, 0.5) is 17.6 Å². The Morgan fingerprint density at radius 3 is 2.43 bits per heavy atom. The normalized spacial score (nSPS) is 12.1. The van der Waals surface area contributed by atoms with Gasteiger partial charge in [0.05, 0.1) is 11.5 Å². The Kier molecular flexibility index (Phi) is 9.02. The molecule has 8 heteroatoms. The molecule has 0 fully saturated rings. The highest BCUT2D eigenvalue weighted by Crippen LogP contribution is 2.33. The minimum absolute atomic E-state index is 0.123. The maximum absolute atomic E-state index is 13.6. The monoisotopic (exact) mass is 444 g/mol. The van der Waals surface area contributed by atoms with E-state index in [1.165, 1.54) is 0 Å². The predicted molar refractivity (Wildman–Crippen MR) is 108 cm³/mol. The van der Waals surface area contributed by atoms with E-state index in [2.05, 4.69) is 0 Å². The van der Waals surface area contributed by atoms with E-state index in [4.69, 9.17) is 4.74 Å². The van der Waals surface area contributed by atoms with Gasteiger partial charge in [-0.3, -0.25) is 0 Å². The Morgan fingerprint density at radius 1 is 1.13 bits per heavy atom. The summed E-state index contributed by atoms with van der Waals surface area (Å²) < 4.78 is 59.3. The predicted octanol–water partition coefficient (Wildman–Crippen LogP) is 5.98. The van der Waals surface area contributed by atoms with Crippen LogP contribution in [-0.4, -0.2) is 23.8 Å². The van der Waals surface area contributed by atoms with E-state index >= 15 is 0 Å². The van der Waals surface area contributed by atoms with Gasteiger partial charge in [0, 0.05) is 18.1 Å². The summed E-state index contributed by atoms with van der Waals surface area (Å²) >= 11 is 0.715. The van der Waals surface area contributed by atoms with Crippen LogP contribution in [0.2, 0.25) is 0 Å². The van der Waals surface area contributed by atoms with Crippen molar-refractivity contribution < 1.29 is 32.2 Å². The Morgan fingerprint density at radius 2 is 1.80 bits per heavy atom. The van der Waals surface area contributed by atoms with Crippen LogP contribution < -0.4 is 4.74 Å². The standard InChI is InChI=1S/C22H24F4O3S/c1-13(7-8-27)11-15-5-6-18(14(2)21(15)28)29-9-3-4-10-30-22-19(25)16(23)12-17(24)20(22)26/h5-6,8,12-13,28H,3-4,7,9-11H2,1-2H3. The number of aromatic hydroxyl groups is 1. The van der Waals surface area contributed by atoms with Crippen LogP contribution in [0.5, 0.6) is 11.5 Å². The zero-order valence-corrected chi connectivity index (χ0v) is 17.6. The summed E-state index contributed by atoms with van der Waals surface area (Å²) in [4.78, 5) is 9.94. The molecule has 1 N–H and O–H groups in total. The molecule has 0 heterocycles. The van der Waals surface area contributed by atoms with Crippen LogP contribution in [0.25, 0.3) is 0 Å². The van der Waals surface area contributed by atoms with Gasteiger partial charge in [-0.05, 0) is 49.5 Å². The second-order valence-corrected chi connectivity index (χ2v) is 8.21. The lowest BCUT2D eigenvalue weighted by atomic mass is 9.96. The molecule has 0 aliphatic carbocycles. The quantitative estimate of drug-likeness (QED) is 0.152. The molecule has 0 bridgehead atoms. The SMILES string of the molecule is Cc1c(OCCCCSc2c(F)c(F)cc(F)c2F)ccc(CC(C)CC=O)c1O. The Labute approximate surface area is 177 Å². The van der Waals surface area contributed by atoms with E-state index < -0.39 is 28.2 Å². The zero-order chi connectivity index (χ0) is 22.3. The van der Waals surface area contributed by atoms with E-state index in [-0.39, 0.29) is 23.5 Å². The van der Waals surface area contributed by atoms with E-state index in [0.29, 0.717) is 55.4 Å². The van der Waals surface area contributed by atoms with Gasteiger partial charge in [-0.1, -0.05) is 13.0 Å². The number of aldehydes is 1. The lowest BCUT2D eigenvalue weighted by Gasteiger charge is -2.15. The van der Waals surface area contributed by atoms with Crippen LogP contribution in [0.15, 0.2) is 23.1 Å². The number of unbranched alkanes of at least 4 members (excludes halogenated alkanes) is 1. The number of ether oxygens (including phenoxy) is 1. The molecule has 2 aromatic rings. The summed E-state index contributed by atoms with van der Waals surface area (Å²) in [5.74, 6) is -4.56. The first-order valence-corrected chi connectivity index (χ1v) is 10.6. The summed E-state index contributed by atoms with van der Waals surface area (Å²) in [5.41, 5.74) is 1.34. The highest BCUT2D eigenvalue weighted by atomic mass is 32.2. The van der Waals surface area contributed by atoms with E-state index in [1.807, 2.05) is 6.92 Å². The highest BCUT2D eigenvalue weighted by molar-refractivity contribution is 7.99. The summed E-state index contributed by atoms with van der Waals surface area (Å²) in [5, 5.41) is 10.4. The molecule has 2 rings (SSSR count). The molecule has 2 aromatic carbocycles. The fourth-order valence-electron chi connectivity index (χ4n) is 2.92. The molecule has 1 atom stereocenters. The Balaban J connectivity index is 1.82. The molecular formula is C22H24F4O3S. The summed E-state index contributed by atoms with van der Waals surface area (Å²) in [6.45, 7) is 3.98. The van der Waals surface area contributed by atoms with Crippen molar-refractivity contribution in [1.29, 1.82) is 0 Å². The number of carbonyl (C=O) groups is 1. The average Bonchev–Trinajstić information content (AvgIpc) is 2.70. The smallest absolute Gasteiger partial charge is 0.175 e. The number of benzene rings is 2. The number of phenols is 1. The fourth-order valence-corrected chi connectivity index (χ4v) is 3.92. The first-order valence-electron chi connectivity index (χ1n) is 9.59. The maximum atomic E-state index is 13.6. The van der Waals surface area contributed by atoms with Gasteiger partial charge in [0.15, 0.2) is 23.3 Å². The van der Waals surface area contributed by atoms with Gasteiger partial charge >= 0.3 is 0 Å². The molecule has 0 aromatic heterocycles. The van der Waals surface area contributed by atoms with Crippen molar-refractivity contribution in [3.63, 3.8) is 0 Å². The van der Waals surface area contributed by atoms with Gasteiger partial charge in [0.2, 0.25) is 0 Å². The number of phenolic OH excluding ortho intramolecular Hbond substituents is 1.